The predicted molar refractivity (Wildman–Crippen MR) is 72.5 cm³/mol. The monoisotopic (exact) mass is 253 g/mol. The van der Waals surface area contributed by atoms with Crippen LogP contribution >= 0.6 is 0 Å². The van der Waals surface area contributed by atoms with Gasteiger partial charge in [-0.05, 0) is 45.7 Å². The summed E-state index contributed by atoms with van der Waals surface area (Å²) in [5, 5.41) is 0. The first-order valence-electron chi connectivity index (χ1n) is 7.47. The summed E-state index contributed by atoms with van der Waals surface area (Å²) >= 11 is 0. The van der Waals surface area contributed by atoms with Crippen molar-refractivity contribution < 1.29 is 4.74 Å². The van der Waals surface area contributed by atoms with Crippen molar-refractivity contribution in [3.8, 4) is 0 Å². The highest BCUT2D eigenvalue weighted by Gasteiger charge is 2.50. The molecule has 4 fully saturated rings. The molecule has 104 valence electrons. The van der Waals surface area contributed by atoms with Crippen LogP contribution in [-0.4, -0.2) is 66.8 Å². The van der Waals surface area contributed by atoms with E-state index in [1.165, 1.54) is 32.5 Å². The SMILES string of the molecule is CC1CN(C2(CN)CN3CCC2CC3)CC(C)O1. The van der Waals surface area contributed by atoms with Crippen LogP contribution in [0.1, 0.15) is 26.7 Å². The molecule has 4 heterocycles. The Labute approximate surface area is 110 Å². The van der Waals surface area contributed by atoms with Crippen molar-refractivity contribution in [2.24, 2.45) is 11.7 Å². The molecule has 4 rings (SSSR count). The Hall–Kier alpha value is -0.160. The van der Waals surface area contributed by atoms with Crippen LogP contribution in [0.15, 0.2) is 0 Å². The number of morpholine rings is 1. The van der Waals surface area contributed by atoms with Gasteiger partial charge < -0.3 is 15.4 Å². The van der Waals surface area contributed by atoms with E-state index in [2.05, 4.69) is 23.6 Å². The maximum atomic E-state index is 6.24. The Bertz CT molecular complexity index is 293. The quantitative estimate of drug-likeness (QED) is 0.779. The van der Waals surface area contributed by atoms with Crippen LogP contribution in [0.3, 0.4) is 0 Å². The number of nitrogens with two attached hydrogens (primary N) is 1. The molecule has 0 spiro atoms. The topological polar surface area (TPSA) is 41.7 Å². The lowest BCUT2D eigenvalue weighted by molar-refractivity contribution is -0.142. The third kappa shape index (κ3) is 1.99. The first kappa shape index (κ1) is 12.9. The molecule has 3 unspecified atom stereocenters. The summed E-state index contributed by atoms with van der Waals surface area (Å²) in [6.45, 7) is 11.0. The van der Waals surface area contributed by atoms with Crippen molar-refractivity contribution in [1.29, 1.82) is 0 Å². The average molecular weight is 253 g/mol. The summed E-state index contributed by atoms with van der Waals surface area (Å²) in [5.74, 6) is 0.796. The largest absolute Gasteiger partial charge is 0.373 e. The molecule has 2 N–H and O–H groups in total. The minimum atomic E-state index is 0.225. The summed E-state index contributed by atoms with van der Waals surface area (Å²) in [6.07, 6.45) is 3.34. The molecule has 3 atom stereocenters. The van der Waals surface area contributed by atoms with Gasteiger partial charge in [-0.15, -0.1) is 0 Å². The number of hydrogen-bond donors (Lipinski definition) is 1. The molecular weight excluding hydrogens is 226 g/mol. The molecule has 0 saturated carbocycles. The number of fused-ring (bicyclic) bond motifs is 3. The Balaban J connectivity index is 1.82. The van der Waals surface area contributed by atoms with Crippen molar-refractivity contribution in [2.45, 2.75) is 44.4 Å². The van der Waals surface area contributed by atoms with Gasteiger partial charge in [-0.25, -0.2) is 0 Å². The third-order valence-electron chi connectivity index (χ3n) is 5.25. The fourth-order valence-electron chi connectivity index (χ4n) is 4.40. The van der Waals surface area contributed by atoms with E-state index in [1.54, 1.807) is 0 Å². The second-order valence-electron chi connectivity index (χ2n) is 6.52. The molecule has 0 radical (unpaired) electrons. The lowest BCUT2D eigenvalue weighted by atomic mass is 9.71. The van der Waals surface area contributed by atoms with E-state index >= 15 is 0 Å². The van der Waals surface area contributed by atoms with Crippen molar-refractivity contribution in [1.82, 2.24) is 9.80 Å². The Morgan fingerprint density at radius 2 is 1.78 bits per heavy atom. The summed E-state index contributed by atoms with van der Waals surface area (Å²) in [4.78, 5) is 5.26. The molecule has 0 aromatic heterocycles. The lowest BCUT2D eigenvalue weighted by Gasteiger charge is -2.59. The van der Waals surface area contributed by atoms with Crippen molar-refractivity contribution in [2.75, 3.05) is 39.3 Å². The van der Waals surface area contributed by atoms with Crippen LogP contribution in [0.5, 0.6) is 0 Å². The predicted octanol–water partition coefficient (Wildman–Crippen LogP) is 0.519. The second kappa shape index (κ2) is 4.75. The van der Waals surface area contributed by atoms with Gasteiger partial charge >= 0.3 is 0 Å². The highest BCUT2D eigenvalue weighted by molar-refractivity contribution is 5.07. The molecule has 0 aromatic carbocycles. The van der Waals surface area contributed by atoms with Crippen molar-refractivity contribution >= 4 is 0 Å². The smallest absolute Gasteiger partial charge is 0.0678 e. The zero-order valence-corrected chi connectivity index (χ0v) is 11.8. The minimum absolute atomic E-state index is 0.225. The maximum Gasteiger partial charge on any atom is 0.0678 e. The van der Waals surface area contributed by atoms with E-state index in [-0.39, 0.29) is 5.54 Å². The molecular formula is C14H27N3O. The number of nitrogens with zero attached hydrogens (tertiary/aromatic N) is 2. The molecule has 4 aliphatic heterocycles. The third-order valence-corrected chi connectivity index (χ3v) is 5.25. The maximum absolute atomic E-state index is 6.24. The van der Waals surface area contributed by atoms with Gasteiger partial charge in [-0.2, -0.15) is 0 Å². The van der Waals surface area contributed by atoms with E-state index in [4.69, 9.17) is 10.5 Å². The average Bonchev–Trinajstić information content (AvgIpc) is 2.38. The van der Waals surface area contributed by atoms with Gasteiger partial charge in [0.25, 0.3) is 0 Å². The summed E-state index contributed by atoms with van der Waals surface area (Å²) in [6, 6.07) is 0. The molecule has 2 bridgehead atoms. The fourth-order valence-corrected chi connectivity index (χ4v) is 4.40. The fraction of sp³-hybridized carbons (Fsp3) is 1.00. The number of piperidine rings is 3. The Morgan fingerprint density at radius 3 is 2.22 bits per heavy atom. The summed E-state index contributed by atoms with van der Waals surface area (Å²) in [5.41, 5.74) is 6.46. The van der Waals surface area contributed by atoms with E-state index < -0.39 is 0 Å². The van der Waals surface area contributed by atoms with Gasteiger partial charge in [0.15, 0.2) is 0 Å². The minimum Gasteiger partial charge on any atom is -0.373 e. The van der Waals surface area contributed by atoms with Gasteiger partial charge in [-0.1, -0.05) is 0 Å². The van der Waals surface area contributed by atoms with Crippen molar-refractivity contribution in [3.63, 3.8) is 0 Å². The Morgan fingerprint density at radius 1 is 1.17 bits per heavy atom. The number of hydrogen-bond acceptors (Lipinski definition) is 4. The molecule has 4 aliphatic rings. The first-order valence-corrected chi connectivity index (χ1v) is 7.47. The standard InChI is InChI=1S/C14H27N3O/c1-11-7-17(8-12(2)18-11)14(9-15)10-16-5-3-13(14)4-6-16/h11-13H,3-10,15H2,1-2H3. The summed E-state index contributed by atoms with van der Waals surface area (Å²) < 4.78 is 5.88. The molecule has 4 heteroatoms. The highest BCUT2D eigenvalue weighted by atomic mass is 16.5. The van der Waals surface area contributed by atoms with Crippen LogP contribution in [0.25, 0.3) is 0 Å². The van der Waals surface area contributed by atoms with Crippen LogP contribution in [0.4, 0.5) is 0 Å². The van der Waals surface area contributed by atoms with Gasteiger partial charge in [0, 0.05) is 31.7 Å². The van der Waals surface area contributed by atoms with Crippen LogP contribution in [0, 0.1) is 5.92 Å². The lowest BCUT2D eigenvalue weighted by Crippen LogP contribution is -2.72. The van der Waals surface area contributed by atoms with E-state index in [1.807, 2.05) is 0 Å². The van der Waals surface area contributed by atoms with Gasteiger partial charge in [0.1, 0.15) is 0 Å². The number of rotatable bonds is 2. The molecule has 4 saturated heterocycles. The van der Waals surface area contributed by atoms with Gasteiger partial charge in [0.2, 0.25) is 0 Å². The number of ether oxygens (including phenoxy) is 1. The molecule has 0 amide bonds. The normalized spacial score (nSPS) is 49.5. The molecule has 0 aliphatic carbocycles. The van der Waals surface area contributed by atoms with Gasteiger partial charge in [0.05, 0.1) is 12.2 Å². The van der Waals surface area contributed by atoms with E-state index in [0.717, 1.165) is 25.6 Å². The molecule has 0 aromatic rings. The van der Waals surface area contributed by atoms with Crippen molar-refractivity contribution in [3.05, 3.63) is 0 Å². The van der Waals surface area contributed by atoms with E-state index in [0.29, 0.717) is 12.2 Å². The van der Waals surface area contributed by atoms with E-state index in [9.17, 15) is 0 Å². The van der Waals surface area contributed by atoms with Gasteiger partial charge in [-0.3, -0.25) is 4.90 Å². The van der Waals surface area contributed by atoms with Crippen LogP contribution in [-0.2, 0) is 4.74 Å². The van der Waals surface area contributed by atoms with Crippen LogP contribution in [0.2, 0.25) is 0 Å². The second-order valence-corrected chi connectivity index (χ2v) is 6.52. The first-order chi connectivity index (χ1) is 8.64. The molecule has 18 heavy (non-hydrogen) atoms. The summed E-state index contributed by atoms with van der Waals surface area (Å²) in [7, 11) is 0. The Kier molecular flexibility index (Phi) is 3.39. The zero-order chi connectivity index (χ0) is 12.8. The molecule has 4 nitrogen and oxygen atoms in total. The highest BCUT2D eigenvalue weighted by Crippen LogP contribution is 2.40. The van der Waals surface area contributed by atoms with Crippen LogP contribution < -0.4 is 5.73 Å². The zero-order valence-electron chi connectivity index (χ0n) is 11.8.